The number of hydrogen-bond donors (Lipinski definition) is 1. The Morgan fingerprint density at radius 2 is 1.82 bits per heavy atom. The third-order valence-electron chi connectivity index (χ3n) is 3.89. The van der Waals surface area contributed by atoms with Gasteiger partial charge in [0.15, 0.2) is 5.78 Å². The summed E-state index contributed by atoms with van der Waals surface area (Å²) in [6.45, 7) is 7.34. The van der Waals surface area contributed by atoms with E-state index in [4.69, 9.17) is 4.74 Å². The minimum Gasteiger partial charge on any atom is -0.392 e. The lowest BCUT2D eigenvalue weighted by atomic mass is 9.88. The monoisotopic (exact) mass is 326 g/mol. The molecule has 0 spiro atoms. The van der Waals surface area contributed by atoms with E-state index in [0.717, 1.165) is 5.56 Å². The maximum absolute atomic E-state index is 12.1. The van der Waals surface area contributed by atoms with Crippen LogP contribution in [0, 0.1) is 11.8 Å². The van der Waals surface area contributed by atoms with E-state index in [1.807, 2.05) is 37.3 Å². The first-order valence-corrected chi connectivity index (χ1v) is 10.4. The number of ether oxygens (including phenoxy) is 1. The van der Waals surface area contributed by atoms with E-state index in [0.29, 0.717) is 6.61 Å². The first kappa shape index (κ1) is 19.1. The van der Waals surface area contributed by atoms with Gasteiger partial charge in [0.1, 0.15) is 6.61 Å². The minimum absolute atomic E-state index is 0.0308. The number of carbonyl (C=O) groups is 1. The van der Waals surface area contributed by atoms with Crippen molar-refractivity contribution >= 4 is 12.9 Å². The zero-order valence-electron chi connectivity index (χ0n) is 13.9. The van der Waals surface area contributed by atoms with Crippen LogP contribution in [0.2, 0.25) is 0 Å². The quantitative estimate of drug-likeness (QED) is 0.709. The molecular formula is C17H27O4P. The van der Waals surface area contributed by atoms with Gasteiger partial charge in [0.05, 0.1) is 19.9 Å². The van der Waals surface area contributed by atoms with Crippen molar-refractivity contribution in [3.8, 4) is 0 Å². The van der Waals surface area contributed by atoms with Gasteiger partial charge >= 0.3 is 0 Å². The second-order valence-electron chi connectivity index (χ2n) is 6.42. The van der Waals surface area contributed by atoms with Gasteiger partial charge in [-0.05, 0) is 24.8 Å². The number of rotatable bonds is 9. The minimum atomic E-state index is -2.30. The Morgan fingerprint density at radius 3 is 2.36 bits per heavy atom. The summed E-state index contributed by atoms with van der Waals surface area (Å²) in [7, 11) is -2.30. The van der Waals surface area contributed by atoms with Gasteiger partial charge in [0.25, 0.3) is 0 Å². The molecule has 0 aliphatic rings. The molecule has 0 amide bonds. The van der Waals surface area contributed by atoms with Crippen LogP contribution >= 0.6 is 7.14 Å². The topological polar surface area (TPSA) is 63.6 Å². The van der Waals surface area contributed by atoms with Gasteiger partial charge < -0.3 is 14.4 Å². The van der Waals surface area contributed by atoms with Gasteiger partial charge in [0, 0.05) is 12.1 Å². The molecule has 0 radical (unpaired) electrons. The van der Waals surface area contributed by atoms with E-state index in [2.05, 4.69) is 0 Å². The van der Waals surface area contributed by atoms with Crippen LogP contribution in [0.25, 0.3) is 0 Å². The SMILES string of the molecule is CC(C(=O)COCc1ccccc1)C(C)[C@H](O)CP(C)(C)=O. The zero-order chi connectivity index (χ0) is 16.8. The van der Waals surface area contributed by atoms with Gasteiger partial charge in [0.2, 0.25) is 0 Å². The summed E-state index contributed by atoms with van der Waals surface area (Å²) in [5.41, 5.74) is 1.02. The molecule has 2 unspecified atom stereocenters. The van der Waals surface area contributed by atoms with Crippen molar-refractivity contribution in [3.05, 3.63) is 35.9 Å². The third-order valence-corrected chi connectivity index (χ3v) is 5.14. The fraction of sp³-hybridized carbons (Fsp3) is 0.588. The third kappa shape index (κ3) is 6.87. The number of aliphatic hydroxyl groups excluding tert-OH is 1. The predicted octanol–water partition coefficient (Wildman–Crippen LogP) is 3.03. The van der Waals surface area contributed by atoms with E-state index in [9.17, 15) is 14.5 Å². The van der Waals surface area contributed by atoms with Gasteiger partial charge in [-0.15, -0.1) is 0 Å². The normalized spacial score (nSPS) is 16.0. The smallest absolute Gasteiger partial charge is 0.161 e. The van der Waals surface area contributed by atoms with E-state index in [-0.39, 0.29) is 30.4 Å². The molecule has 0 saturated carbocycles. The fourth-order valence-corrected chi connectivity index (χ4v) is 3.45. The fourth-order valence-electron chi connectivity index (χ4n) is 2.22. The Balaban J connectivity index is 2.42. The van der Waals surface area contributed by atoms with Crippen LogP contribution in [0.4, 0.5) is 0 Å². The molecule has 1 aromatic carbocycles. The van der Waals surface area contributed by atoms with Crippen LogP contribution < -0.4 is 0 Å². The summed E-state index contributed by atoms with van der Waals surface area (Å²) in [4.78, 5) is 12.1. The first-order chi connectivity index (χ1) is 10.2. The average Bonchev–Trinajstić information content (AvgIpc) is 2.44. The number of carbonyl (C=O) groups excluding carboxylic acids is 1. The summed E-state index contributed by atoms with van der Waals surface area (Å²) in [6.07, 6.45) is -0.481. The van der Waals surface area contributed by atoms with Gasteiger partial charge in [-0.25, -0.2) is 0 Å². The molecule has 0 saturated heterocycles. The molecule has 1 aromatic rings. The standard InChI is InChI=1S/C17H27O4P/c1-13(14(2)17(19)12-22(3,4)20)16(18)11-21-10-15-8-6-5-7-9-15/h5-9,13-14,17,19H,10-12H2,1-4H3/t13?,14?,17-/m1/s1. The second-order valence-corrected chi connectivity index (χ2v) is 9.93. The highest BCUT2D eigenvalue weighted by molar-refractivity contribution is 7.62. The highest BCUT2D eigenvalue weighted by atomic mass is 31.2. The molecule has 0 fully saturated rings. The molecule has 0 heterocycles. The average molecular weight is 326 g/mol. The number of ketones is 1. The Kier molecular flexibility index (Phi) is 7.47. The number of Topliss-reactive ketones (excluding diaryl/α,β-unsaturated/α-hetero) is 1. The summed E-state index contributed by atoms with van der Waals surface area (Å²) < 4.78 is 17.2. The molecular weight excluding hydrogens is 299 g/mol. The van der Waals surface area contributed by atoms with E-state index < -0.39 is 13.2 Å². The van der Waals surface area contributed by atoms with Crippen LogP contribution in [-0.2, 0) is 20.7 Å². The molecule has 22 heavy (non-hydrogen) atoms. The number of aliphatic hydroxyl groups is 1. The highest BCUT2D eigenvalue weighted by Gasteiger charge is 2.28. The molecule has 0 aromatic heterocycles. The van der Waals surface area contributed by atoms with Gasteiger partial charge in [-0.2, -0.15) is 0 Å². The second kappa shape index (κ2) is 8.61. The summed E-state index contributed by atoms with van der Waals surface area (Å²) >= 11 is 0. The van der Waals surface area contributed by atoms with Crippen molar-refractivity contribution in [2.24, 2.45) is 11.8 Å². The molecule has 0 bridgehead atoms. The van der Waals surface area contributed by atoms with E-state index in [1.54, 1.807) is 20.3 Å². The molecule has 124 valence electrons. The lowest BCUT2D eigenvalue weighted by molar-refractivity contribution is -0.130. The van der Waals surface area contributed by atoms with E-state index in [1.165, 1.54) is 0 Å². The van der Waals surface area contributed by atoms with Crippen molar-refractivity contribution in [2.45, 2.75) is 26.6 Å². The number of benzene rings is 1. The first-order valence-electron chi connectivity index (χ1n) is 7.57. The molecule has 1 N–H and O–H groups in total. The summed E-state index contributed by atoms with van der Waals surface area (Å²) in [5.74, 6) is -0.595. The number of hydrogen-bond acceptors (Lipinski definition) is 4. The summed E-state index contributed by atoms with van der Waals surface area (Å²) in [5, 5.41) is 10.1. The van der Waals surface area contributed by atoms with Crippen LogP contribution in [0.5, 0.6) is 0 Å². The van der Waals surface area contributed by atoms with Crippen molar-refractivity contribution in [1.29, 1.82) is 0 Å². The van der Waals surface area contributed by atoms with Crippen molar-refractivity contribution in [3.63, 3.8) is 0 Å². The molecule has 0 aliphatic heterocycles. The van der Waals surface area contributed by atoms with Crippen LogP contribution in [-0.4, -0.2) is 43.1 Å². The predicted molar refractivity (Wildman–Crippen MR) is 89.8 cm³/mol. The molecule has 1 rings (SSSR count). The van der Waals surface area contributed by atoms with Crippen molar-refractivity contribution < 1.29 is 19.2 Å². The van der Waals surface area contributed by atoms with Gasteiger partial charge in [-0.3, -0.25) is 4.79 Å². The lowest BCUT2D eigenvalue weighted by Gasteiger charge is -2.25. The Morgan fingerprint density at radius 1 is 1.23 bits per heavy atom. The Labute approximate surface area is 133 Å². The molecule has 0 aliphatic carbocycles. The van der Waals surface area contributed by atoms with Crippen molar-refractivity contribution in [1.82, 2.24) is 0 Å². The zero-order valence-corrected chi connectivity index (χ0v) is 14.8. The highest BCUT2D eigenvalue weighted by Crippen LogP contribution is 2.38. The largest absolute Gasteiger partial charge is 0.392 e. The molecule has 5 heteroatoms. The van der Waals surface area contributed by atoms with Crippen LogP contribution in [0.3, 0.4) is 0 Å². The molecule has 3 atom stereocenters. The molecule has 4 nitrogen and oxygen atoms in total. The lowest BCUT2D eigenvalue weighted by Crippen LogP contribution is -2.33. The maximum Gasteiger partial charge on any atom is 0.161 e. The van der Waals surface area contributed by atoms with E-state index >= 15 is 0 Å². The maximum atomic E-state index is 12.1. The Hall–Kier alpha value is -0.960. The van der Waals surface area contributed by atoms with Crippen LogP contribution in [0.15, 0.2) is 30.3 Å². The Bertz CT molecular complexity index is 509. The van der Waals surface area contributed by atoms with Gasteiger partial charge in [-0.1, -0.05) is 44.2 Å². The summed E-state index contributed by atoms with van der Waals surface area (Å²) in [6, 6.07) is 9.67. The van der Waals surface area contributed by atoms with Crippen LogP contribution in [0.1, 0.15) is 19.4 Å². The van der Waals surface area contributed by atoms with Crippen molar-refractivity contribution in [2.75, 3.05) is 26.1 Å².